The molecule has 10 heavy (non-hydrogen) atoms. The van der Waals surface area contributed by atoms with E-state index in [1.54, 1.807) is 0 Å². The van der Waals surface area contributed by atoms with E-state index in [1.165, 1.54) is 0 Å². The van der Waals surface area contributed by atoms with Crippen molar-refractivity contribution in [1.29, 1.82) is 0 Å². The molecule has 1 rings (SSSR count). The number of carbonyl (C=O) groups excluding carboxylic acids is 1. The first kappa shape index (κ1) is 7.50. The molecule has 0 amide bonds. The van der Waals surface area contributed by atoms with Crippen molar-refractivity contribution in [3.8, 4) is 0 Å². The van der Waals surface area contributed by atoms with Crippen LogP contribution in [0.2, 0.25) is 0 Å². The fraction of sp³-hybridized carbons (Fsp3) is 0.833. The standard InChI is InChI=1S/C6H11NO3/c8-5-1-4(6(9)10)2-7-3-5/h4-5,7-8H,1-3H2,(H,9,10)/p-1/t4?,5-/m0/s1. The van der Waals surface area contributed by atoms with Crippen LogP contribution in [-0.4, -0.2) is 30.3 Å². The highest BCUT2D eigenvalue weighted by Gasteiger charge is 2.19. The summed E-state index contributed by atoms with van der Waals surface area (Å²) in [5, 5.41) is 22.0. The molecular formula is C6H10NO3-. The molecule has 0 aromatic heterocycles. The normalized spacial score (nSPS) is 33.7. The van der Waals surface area contributed by atoms with Crippen molar-refractivity contribution in [3.63, 3.8) is 0 Å². The molecule has 1 saturated heterocycles. The molecule has 0 aliphatic carbocycles. The number of aliphatic carboxylic acids is 1. The maximum atomic E-state index is 10.2. The van der Waals surface area contributed by atoms with Crippen LogP contribution < -0.4 is 10.4 Å². The lowest BCUT2D eigenvalue weighted by Gasteiger charge is -2.27. The summed E-state index contributed by atoms with van der Waals surface area (Å²) in [5.74, 6) is -1.60. The third-order valence-electron chi connectivity index (χ3n) is 1.66. The Morgan fingerprint density at radius 2 is 2.30 bits per heavy atom. The lowest BCUT2D eigenvalue weighted by molar-refractivity contribution is -0.312. The molecule has 1 fully saturated rings. The van der Waals surface area contributed by atoms with Gasteiger partial charge >= 0.3 is 0 Å². The second-order valence-corrected chi connectivity index (χ2v) is 2.56. The van der Waals surface area contributed by atoms with Crippen molar-refractivity contribution >= 4 is 5.97 Å². The zero-order valence-corrected chi connectivity index (χ0v) is 5.54. The van der Waals surface area contributed by atoms with Crippen LogP contribution in [-0.2, 0) is 4.79 Å². The molecule has 58 valence electrons. The average molecular weight is 144 g/mol. The quantitative estimate of drug-likeness (QED) is 0.434. The van der Waals surface area contributed by atoms with Crippen molar-refractivity contribution in [2.45, 2.75) is 12.5 Å². The van der Waals surface area contributed by atoms with Gasteiger partial charge in [0, 0.05) is 25.0 Å². The second kappa shape index (κ2) is 2.98. The third-order valence-corrected chi connectivity index (χ3v) is 1.66. The van der Waals surface area contributed by atoms with Gasteiger partial charge in [0.2, 0.25) is 0 Å². The summed E-state index contributed by atoms with van der Waals surface area (Å²) in [6.07, 6.45) is -0.216. The predicted molar refractivity (Wildman–Crippen MR) is 32.0 cm³/mol. The number of hydrogen-bond donors (Lipinski definition) is 2. The van der Waals surface area contributed by atoms with Crippen LogP contribution in [0.4, 0.5) is 0 Å². The zero-order chi connectivity index (χ0) is 7.56. The molecule has 2 N–H and O–H groups in total. The van der Waals surface area contributed by atoms with E-state index in [4.69, 9.17) is 5.11 Å². The number of carboxylic acids is 1. The van der Waals surface area contributed by atoms with Gasteiger partial charge in [-0.25, -0.2) is 0 Å². The summed E-state index contributed by atoms with van der Waals surface area (Å²) in [6, 6.07) is 0. The molecule has 4 nitrogen and oxygen atoms in total. The lowest BCUT2D eigenvalue weighted by atomic mass is 9.98. The van der Waals surface area contributed by atoms with E-state index in [2.05, 4.69) is 5.32 Å². The Labute approximate surface area is 58.9 Å². The number of rotatable bonds is 1. The molecule has 1 aliphatic rings. The van der Waals surface area contributed by atoms with Gasteiger partial charge in [-0.2, -0.15) is 0 Å². The molecule has 0 saturated carbocycles. The number of nitrogens with one attached hydrogen (secondary N) is 1. The van der Waals surface area contributed by atoms with Gasteiger partial charge in [-0.1, -0.05) is 0 Å². The van der Waals surface area contributed by atoms with E-state index in [1.807, 2.05) is 0 Å². The van der Waals surface area contributed by atoms with Crippen molar-refractivity contribution in [3.05, 3.63) is 0 Å². The van der Waals surface area contributed by atoms with E-state index < -0.39 is 18.0 Å². The van der Waals surface area contributed by atoms with Gasteiger partial charge < -0.3 is 20.3 Å². The summed E-state index contributed by atoms with van der Waals surface area (Å²) in [6.45, 7) is 0.906. The molecule has 0 aromatic rings. The number of hydrogen-bond acceptors (Lipinski definition) is 4. The minimum absolute atomic E-state index is 0.315. The van der Waals surface area contributed by atoms with Crippen LogP contribution in [0.3, 0.4) is 0 Å². The Balaban J connectivity index is 2.39. The molecule has 0 aromatic carbocycles. The number of aliphatic hydroxyl groups is 1. The highest BCUT2D eigenvalue weighted by molar-refractivity contribution is 5.68. The van der Waals surface area contributed by atoms with Gasteiger partial charge in [0.1, 0.15) is 0 Å². The van der Waals surface area contributed by atoms with Crippen LogP contribution in [0.15, 0.2) is 0 Å². The molecule has 1 unspecified atom stereocenters. The van der Waals surface area contributed by atoms with E-state index >= 15 is 0 Å². The number of carbonyl (C=O) groups is 1. The minimum atomic E-state index is -1.08. The number of β-amino-alcohol motifs (C(OH)–C–C–N with tert-alkyl or cyclic N) is 1. The van der Waals surface area contributed by atoms with E-state index in [0.717, 1.165) is 0 Å². The van der Waals surface area contributed by atoms with Crippen molar-refractivity contribution in [1.82, 2.24) is 5.32 Å². The van der Waals surface area contributed by atoms with Crippen LogP contribution in [0, 0.1) is 5.92 Å². The third kappa shape index (κ3) is 1.68. The van der Waals surface area contributed by atoms with Gasteiger partial charge in [0.05, 0.1) is 6.10 Å². The lowest BCUT2D eigenvalue weighted by Crippen LogP contribution is -2.46. The molecule has 4 heteroatoms. The highest BCUT2D eigenvalue weighted by atomic mass is 16.4. The Hall–Kier alpha value is -0.610. The Bertz CT molecular complexity index is 137. The van der Waals surface area contributed by atoms with Crippen LogP contribution in [0.25, 0.3) is 0 Å². The summed E-state index contributed by atoms with van der Waals surface area (Å²) in [7, 11) is 0. The predicted octanol–water partition coefficient (Wildman–Crippen LogP) is -2.29. The summed E-state index contributed by atoms with van der Waals surface area (Å²) in [4.78, 5) is 10.2. The number of piperidine rings is 1. The Morgan fingerprint density at radius 1 is 1.60 bits per heavy atom. The fourth-order valence-electron chi connectivity index (χ4n) is 1.10. The van der Waals surface area contributed by atoms with Crippen LogP contribution in [0.5, 0.6) is 0 Å². The summed E-state index contributed by atoms with van der Waals surface area (Å²) in [5.41, 5.74) is 0. The Kier molecular flexibility index (Phi) is 2.24. The molecule has 1 heterocycles. The SMILES string of the molecule is O=C([O-])C1CNC[C@@H](O)C1. The molecule has 1 aliphatic heterocycles. The summed E-state index contributed by atoms with van der Waals surface area (Å²) < 4.78 is 0. The van der Waals surface area contributed by atoms with E-state index in [9.17, 15) is 9.90 Å². The van der Waals surface area contributed by atoms with Gasteiger partial charge in [-0.3, -0.25) is 0 Å². The molecule has 0 spiro atoms. The molecule has 0 bridgehead atoms. The van der Waals surface area contributed by atoms with Crippen LogP contribution in [0.1, 0.15) is 6.42 Å². The largest absolute Gasteiger partial charge is 0.550 e. The van der Waals surface area contributed by atoms with Gasteiger partial charge in [0.15, 0.2) is 0 Å². The second-order valence-electron chi connectivity index (χ2n) is 2.56. The smallest absolute Gasteiger partial charge is 0.0671 e. The molecular weight excluding hydrogens is 134 g/mol. The van der Waals surface area contributed by atoms with Crippen molar-refractivity contribution in [2.24, 2.45) is 5.92 Å². The number of aliphatic hydroxyl groups excluding tert-OH is 1. The van der Waals surface area contributed by atoms with Crippen molar-refractivity contribution < 1.29 is 15.0 Å². The van der Waals surface area contributed by atoms with Crippen molar-refractivity contribution in [2.75, 3.05) is 13.1 Å². The average Bonchev–Trinajstić information content (AvgIpc) is 1.88. The summed E-state index contributed by atoms with van der Waals surface area (Å²) >= 11 is 0. The first-order valence-corrected chi connectivity index (χ1v) is 3.30. The maximum Gasteiger partial charge on any atom is 0.0671 e. The minimum Gasteiger partial charge on any atom is -0.550 e. The molecule has 0 radical (unpaired) electrons. The topological polar surface area (TPSA) is 72.4 Å². The van der Waals surface area contributed by atoms with Crippen LogP contribution >= 0.6 is 0 Å². The first-order chi connectivity index (χ1) is 4.70. The Morgan fingerprint density at radius 3 is 2.70 bits per heavy atom. The van der Waals surface area contributed by atoms with Gasteiger partial charge in [-0.15, -0.1) is 0 Å². The zero-order valence-electron chi connectivity index (χ0n) is 5.54. The monoisotopic (exact) mass is 144 g/mol. The fourth-order valence-corrected chi connectivity index (χ4v) is 1.10. The van der Waals surface area contributed by atoms with Gasteiger partial charge in [0.25, 0.3) is 0 Å². The molecule has 2 atom stereocenters. The maximum absolute atomic E-state index is 10.2. The first-order valence-electron chi connectivity index (χ1n) is 3.30. The highest BCUT2D eigenvalue weighted by Crippen LogP contribution is 2.08. The van der Waals surface area contributed by atoms with E-state index in [-0.39, 0.29) is 0 Å². The number of carboxylic acid groups (broad SMARTS) is 1. The van der Waals surface area contributed by atoms with Gasteiger partial charge in [-0.05, 0) is 6.42 Å². The van der Waals surface area contributed by atoms with E-state index in [0.29, 0.717) is 19.5 Å².